The Morgan fingerprint density at radius 2 is 1.93 bits per heavy atom. The van der Waals surface area contributed by atoms with E-state index < -0.39 is 6.61 Å². The van der Waals surface area contributed by atoms with Gasteiger partial charge in [0.2, 0.25) is 5.91 Å². The third-order valence-corrected chi connectivity index (χ3v) is 4.95. The second-order valence-corrected chi connectivity index (χ2v) is 7.07. The number of nitrogens with zero attached hydrogens (tertiary/aromatic N) is 2. The lowest BCUT2D eigenvalue weighted by Gasteiger charge is -2.40. The number of carbonyl (C=O) groups excluding carboxylic acids is 1. The Hall–Kier alpha value is -2.93. The van der Waals surface area contributed by atoms with Gasteiger partial charge in [-0.2, -0.15) is 8.78 Å². The van der Waals surface area contributed by atoms with Gasteiger partial charge in [0.1, 0.15) is 0 Å². The third-order valence-electron chi connectivity index (χ3n) is 4.95. The number of ether oxygens (including phenoxy) is 2. The zero-order chi connectivity index (χ0) is 21.5. The van der Waals surface area contributed by atoms with Crippen LogP contribution in [-0.2, 0) is 4.79 Å². The van der Waals surface area contributed by atoms with Crippen LogP contribution in [0.1, 0.15) is 24.1 Å². The SMILES string of the molecule is CCOc1cc(C=CC(=O)N2CCN(C)CC2c2ccccc2)ccc1OC(F)F. The smallest absolute Gasteiger partial charge is 0.387 e. The first-order valence-electron chi connectivity index (χ1n) is 9.91. The summed E-state index contributed by atoms with van der Waals surface area (Å²) in [5.74, 6) is 0.0931. The van der Waals surface area contributed by atoms with Crippen molar-refractivity contribution in [2.75, 3.05) is 33.3 Å². The normalized spacial score (nSPS) is 17.5. The first kappa shape index (κ1) is 21.8. The van der Waals surface area contributed by atoms with Crippen LogP contribution in [-0.4, -0.2) is 55.6 Å². The van der Waals surface area contributed by atoms with Crippen LogP contribution in [0, 0.1) is 0 Å². The lowest BCUT2D eigenvalue weighted by atomic mass is 10.0. The number of rotatable bonds is 7. The maximum atomic E-state index is 13.0. The third kappa shape index (κ3) is 5.57. The van der Waals surface area contributed by atoms with E-state index in [0.717, 1.165) is 18.7 Å². The van der Waals surface area contributed by atoms with Crippen LogP contribution in [0.3, 0.4) is 0 Å². The number of amides is 1. The van der Waals surface area contributed by atoms with E-state index >= 15 is 0 Å². The molecule has 1 unspecified atom stereocenters. The van der Waals surface area contributed by atoms with Gasteiger partial charge in [0.05, 0.1) is 12.6 Å². The minimum Gasteiger partial charge on any atom is -0.490 e. The Morgan fingerprint density at radius 3 is 2.63 bits per heavy atom. The Balaban J connectivity index is 1.77. The van der Waals surface area contributed by atoms with Gasteiger partial charge >= 0.3 is 6.61 Å². The molecule has 1 heterocycles. The van der Waals surface area contributed by atoms with Crippen molar-refractivity contribution in [3.8, 4) is 11.5 Å². The van der Waals surface area contributed by atoms with Crippen molar-refractivity contribution >= 4 is 12.0 Å². The first-order chi connectivity index (χ1) is 14.5. The summed E-state index contributed by atoms with van der Waals surface area (Å²) < 4.78 is 35.0. The van der Waals surface area contributed by atoms with Crippen LogP contribution in [0.15, 0.2) is 54.6 Å². The summed E-state index contributed by atoms with van der Waals surface area (Å²) >= 11 is 0. The second-order valence-electron chi connectivity index (χ2n) is 7.07. The number of likely N-dealkylation sites (N-methyl/N-ethyl adjacent to an activating group) is 1. The van der Waals surface area contributed by atoms with Crippen molar-refractivity contribution in [1.82, 2.24) is 9.80 Å². The van der Waals surface area contributed by atoms with Crippen LogP contribution < -0.4 is 9.47 Å². The molecule has 0 aromatic heterocycles. The fourth-order valence-electron chi connectivity index (χ4n) is 3.50. The van der Waals surface area contributed by atoms with Gasteiger partial charge in [-0.15, -0.1) is 0 Å². The molecule has 0 radical (unpaired) electrons. The van der Waals surface area contributed by atoms with Crippen LogP contribution in [0.4, 0.5) is 8.78 Å². The van der Waals surface area contributed by atoms with Crippen molar-refractivity contribution in [1.29, 1.82) is 0 Å². The lowest BCUT2D eigenvalue weighted by Crippen LogP contribution is -2.48. The van der Waals surface area contributed by atoms with Gasteiger partial charge < -0.3 is 19.3 Å². The molecular formula is C23H26F2N2O3. The summed E-state index contributed by atoms with van der Waals surface area (Å²) in [6, 6.07) is 14.6. The largest absolute Gasteiger partial charge is 0.490 e. The van der Waals surface area contributed by atoms with Crippen molar-refractivity contribution in [3.63, 3.8) is 0 Å². The molecule has 1 fully saturated rings. The van der Waals surface area contributed by atoms with E-state index in [-0.39, 0.29) is 23.4 Å². The van der Waals surface area contributed by atoms with Crippen molar-refractivity contribution < 1.29 is 23.0 Å². The zero-order valence-corrected chi connectivity index (χ0v) is 17.1. The molecular weight excluding hydrogens is 390 g/mol. The molecule has 0 aliphatic carbocycles. The average Bonchev–Trinajstić information content (AvgIpc) is 2.74. The van der Waals surface area contributed by atoms with Crippen LogP contribution in [0.25, 0.3) is 6.08 Å². The molecule has 5 nitrogen and oxygen atoms in total. The predicted molar refractivity (Wildman–Crippen MR) is 112 cm³/mol. The van der Waals surface area contributed by atoms with E-state index in [0.29, 0.717) is 18.7 Å². The van der Waals surface area contributed by atoms with E-state index in [2.05, 4.69) is 9.64 Å². The van der Waals surface area contributed by atoms with Gasteiger partial charge in [0, 0.05) is 25.7 Å². The monoisotopic (exact) mass is 416 g/mol. The molecule has 0 spiro atoms. The number of hydrogen-bond donors (Lipinski definition) is 0. The maximum absolute atomic E-state index is 13.0. The Bertz CT molecular complexity index is 874. The molecule has 7 heteroatoms. The van der Waals surface area contributed by atoms with E-state index in [1.807, 2.05) is 42.3 Å². The van der Waals surface area contributed by atoms with Crippen LogP contribution >= 0.6 is 0 Å². The second kappa shape index (κ2) is 10.2. The molecule has 1 saturated heterocycles. The summed E-state index contributed by atoms with van der Waals surface area (Å²) in [5.41, 5.74) is 1.76. The van der Waals surface area contributed by atoms with Crippen molar-refractivity contribution in [2.45, 2.75) is 19.6 Å². The molecule has 1 amide bonds. The highest BCUT2D eigenvalue weighted by Crippen LogP contribution is 2.30. The predicted octanol–water partition coefficient (Wildman–Crippen LogP) is 4.22. The van der Waals surface area contributed by atoms with Gasteiger partial charge in [-0.3, -0.25) is 4.79 Å². The van der Waals surface area contributed by atoms with Gasteiger partial charge in [-0.05, 0) is 43.3 Å². The average molecular weight is 416 g/mol. The number of halogens is 2. The molecule has 2 aromatic carbocycles. The molecule has 1 atom stereocenters. The highest BCUT2D eigenvalue weighted by Gasteiger charge is 2.29. The number of benzene rings is 2. The Kier molecular flexibility index (Phi) is 7.41. The molecule has 30 heavy (non-hydrogen) atoms. The van der Waals surface area contributed by atoms with Crippen LogP contribution in [0.5, 0.6) is 11.5 Å². The molecule has 0 N–H and O–H groups in total. The molecule has 0 saturated carbocycles. The molecule has 2 aromatic rings. The van der Waals surface area contributed by atoms with E-state index in [9.17, 15) is 13.6 Å². The maximum Gasteiger partial charge on any atom is 0.387 e. The highest BCUT2D eigenvalue weighted by molar-refractivity contribution is 5.92. The topological polar surface area (TPSA) is 42.0 Å². The number of carbonyl (C=O) groups is 1. The van der Waals surface area contributed by atoms with Crippen molar-refractivity contribution in [2.24, 2.45) is 0 Å². The molecule has 160 valence electrons. The zero-order valence-electron chi connectivity index (χ0n) is 17.1. The standard InChI is InChI=1S/C23H26F2N2O3/c1-3-29-21-15-17(9-11-20(21)30-23(24)25)10-12-22(28)27-14-13-26(2)16-19(27)18-7-5-4-6-8-18/h4-12,15,19,23H,3,13-14,16H2,1-2H3. The van der Waals surface area contributed by atoms with Gasteiger partial charge in [-0.25, -0.2) is 0 Å². The Morgan fingerprint density at radius 1 is 1.17 bits per heavy atom. The fourth-order valence-corrected chi connectivity index (χ4v) is 3.50. The van der Waals surface area contributed by atoms with E-state index in [1.54, 1.807) is 25.1 Å². The quantitative estimate of drug-likeness (QED) is 0.634. The Labute approximate surface area is 175 Å². The fraction of sp³-hybridized carbons (Fsp3) is 0.348. The molecule has 0 bridgehead atoms. The number of piperazine rings is 1. The molecule has 3 rings (SSSR count). The summed E-state index contributed by atoms with van der Waals surface area (Å²) in [5, 5.41) is 0. The number of hydrogen-bond acceptors (Lipinski definition) is 4. The minimum absolute atomic E-state index is 0.0251. The molecule has 1 aliphatic heterocycles. The summed E-state index contributed by atoms with van der Waals surface area (Å²) in [7, 11) is 2.05. The lowest BCUT2D eigenvalue weighted by molar-refractivity contribution is -0.130. The highest BCUT2D eigenvalue weighted by atomic mass is 19.3. The minimum atomic E-state index is -2.93. The summed E-state index contributed by atoms with van der Waals surface area (Å²) in [6.45, 7) is 1.33. The van der Waals surface area contributed by atoms with Crippen LogP contribution in [0.2, 0.25) is 0 Å². The van der Waals surface area contributed by atoms with Gasteiger partial charge in [-0.1, -0.05) is 36.4 Å². The first-order valence-corrected chi connectivity index (χ1v) is 9.91. The molecule has 1 aliphatic rings. The number of alkyl halides is 2. The van der Waals surface area contributed by atoms with Gasteiger partial charge in [0.15, 0.2) is 11.5 Å². The summed E-state index contributed by atoms with van der Waals surface area (Å²) in [6.07, 6.45) is 3.18. The van der Waals surface area contributed by atoms with E-state index in [1.165, 1.54) is 12.1 Å². The van der Waals surface area contributed by atoms with E-state index in [4.69, 9.17) is 4.74 Å². The summed E-state index contributed by atoms with van der Waals surface area (Å²) in [4.78, 5) is 17.0. The van der Waals surface area contributed by atoms with Crippen molar-refractivity contribution in [3.05, 3.63) is 65.7 Å². The van der Waals surface area contributed by atoms with Gasteiger partial charge in [0.25, 0.3) is 0 Å².